The number of halogens is 1. The lowest BCUT2D eigenvalue weighted by Gasteiger charge is -2.35. The quantitative estimate of drug-likeness (QED) is 0.446. The van der Waals surface area contributed by atoms with Crippen molar-refractivity contribution in [2.45, 2.75) is 27.3 Å². The van der Waals surface area contributed by atoms with Gasteiger partial charge in [-0.2, -0.15) is 0 Å². The Labute approximate surface area is 158 Å². The SMILES string of the molecule is CC[N+](CC)(CC)Cc1[nH]c(=O)[nH]c1C(=O)c1ccc(OC)cc1.[Br-]. The zero-order chi connectivity index (χ0) is 17.7. The number of methoxy groups -OCH3 is 1. The molecule has 2 N–H and O–H groups in total. The number of aromatic nitrogens is 2. The van der Waals surface area contributed by atoms with Crippen molar-refractivity contribution in [1.82, 2.24) is 9.97 Å². The number of carbonyl (C=O) groups is 1. The first-order valence-corrected chi connectivity index (χ1v) is 8.33. The molecule has 0 spiro atoms. The molecule has 0 aliphatic heterocycles. The normalized spacial score (nSPS) is 11.0. The molecule has 0 aliphatic rings. The van der Waals surface area contributed by atoms with Gasteiger partial charge in [-0.05, 0) is 45.0 Å². The van der Waals surface area contributed by atoms with Crippen molar-refractivity contribution in [3.05, 3.63) is 51.7 Å². The van der Waals surface area contributed by atoms with Crippen molar-refractivity contribution in [3.63, 3.8) is 0 Å². The molecule has 0 radical (unpaired) electrons. The molecule has 0 saturated heterocycles. The van der Waals surface area contributed by atoms with Crippen LogP contribution in [0, 0.1) is 0 Å². The van der Waals surface area contributed by atoms with Crippen LogP contribution in [-0.4, -0.2) is 47.0 Å². The summed E-state index contributed by atoms with van der Waals surface area (Å²) in [5.41, 5.74) is 1.20. The van der Waals surface area contributed by atoms with Crippen LogP contribution in [0.4, 0.5) is 0 Å². The highest BCUT2D eigenvalue weighted by molar-refractivity contribution is 6.08. The number of aromatic amines is 2. The summed E-state index contributed by atoms with van der Waals surface area (Å²) in [5.74, 6) is 0.500. The summed E-state index contributed by atoms with van der Waals surface area (Å²) in [6.07, 6.45) is 0. The molecule has 0 unspecified atom stereocenters. The van der Waals surface area contributed by atoms with E-state index in [1.807, 2.05) is 0 Å². The van der Waals surface area contributed by atoms with Crippen LogP contribution in [0.2, 0.25) is 0 Å². The van der Waals surface area contributed by atoms with Gasteiger partial charge in [0, 0.05) is 5.56 Å². The van der Waals surface area contributed by atoms with E-state index in [-0.39, 0.29) is 28.5 Å². The Morgan fingerprint density at radius 2 is 1.60 bits per heavy atom. The second kappa shape index (κ2) is 9.01. The van der Waals surface area contributed by atoms with Gasteiger partial charge in [-0.1, -0.05) is 0 Å². The van der Waals surface area contributed by atoms with Gasteiger partial charge in [0.25, 0.3) is 0 Å². The summed E-state index contributed by atoms with van der Waals surface area (Å²) < 4.78 is 5.93. The molecular formula is C18H26BrN3O3. The number of nitrogens with zero attached hydrogens (tertiary/aromatic N) is 1. The Morgan fingerprint density at radius 1 is 1.04 bits per heavy atom. The molecule has 0 fully saturated rings. The molecule has 25 heavy (non-hydrogen) atoms. The van der Waals surface area contributed by atoms with Crippen molar-refractivity contribution < 1.29 is 31.0 Å². The summed E-state index contributed by atoms with van der Waals surface area (Å²) in [4.78, 5) is 30.1. The Bertz CT molecular complexity index is 737. The summed E-state index contributed by atoms with van der Waals surface area (Å²) >= 11 is 0. The summed E-state index contributed by atoms with van der Waals surface area (Å²) in [5, 5.41) is 0. The lowest BCUT2D eigenvalue weighted by molar-refractivity contribution is -0.936. The van der Waals surface area contributed by atoms with Crippen molar-refractivity contribution in [3.8, 4) is 5.75 Å². The third kappa shape index (κ3) is 4.61. The summed E-state index contributed by atoms with van der Waals surface area (Å²) in [7, 11) is 1.58. The number of rotatable bonds is 8. The Balaban J connectivity index is 0.00000312. The van der Waals surface area contributed by atoms with Crippen molar-refractivity contribution in [2.75, 3.05) is 26.7 Å². The second-order valence-corrected chi connectivity index (χ2v) is 5.94. The van der Waals surface area contributed by atoms with Crippen LogP contribution in [0.15, 0.2) is 29.1 Å². The maximum Gasteiger partial charge on any atom is 0.323 e. The number of carbonyl (C=O) groups excluding carboxylic acids is 1. The summed E-state index contributed by atoms with van der Waals surface area (Å²) in [6.45, 7) is 9.83. The minimum Gasteiger partial charge on any atom is -1.00 e. The van der Waals surface area contributed by atoms with Crippen molar-refractivity contribution >= 4 is 5.78 Å². The zero-order valence-corrected chi connectivity index (χ0v) is 16.8. The smallest absolute Gasteiger partial charge is 0.323 e. The van der Waals surface area contributed by atoms with Crippen molar-refractivity contribution in [2.24, 2.45) is 0 Å². The molecular weight excluding hydrogens is 386 g/mol. The highest BCUT2D eigenvalue weighted by Crippen LogP contribution is 2.18. The predicted octanol–water partition coefficient (Wildman–Crippen LogP) is -0.677. The van der Waals surface area contributed by atoms with E-state index in [0.29, 0.717) is 29.2 Å². The van der Waals surface area contributed by atoms with Crippen molar-refractivity contribution in [1.29, 1.82) is 0 Å². The van der Waals surface area contributed by atoms with Crippen LogP contribution in [0.1, 0.15) is 42.5 Å². The number of H-pyrrole nitrogens is 2. The minimum absolute atomic E-state index is 0. The number of hydrogen-bond acceptors (Lipinski definition) is 3. The molecule has 0 amide bonds. The lowest BCUT2D eigenvalue weighted by Crippen LogP contribution is -3.00. The van der Waals surface area contributed by atoms with Crippen LogP contribution in [-0.2, 0) is 6.54 Å². The van der Waals surface area contributed by atoms with Gasteiger partial charge in [0.05, 0.1) is 26.7 Å². The van der Waals surface area contributed by atoms with Gasteiger partial charge < -0.3 is 36.2 Å². The minimum atomic E-state index is -0.344. The van der Waals surface area contributed by atoms with E-state index in [0.717, 1.165) is 24.1 Å². The van der Waals surface area contributed by atoms with E-state index >= 15 is 0 Å². The van der Waals surface area contributed by atoms with E-state index in [1.165, 1.54) is 0 Å². The Morgan fingerprint density at radius 3 is 2.08 bits per heavy atom. The zero-order valence-electron chi connectivity index (χ0n) is 15.2. The second-order valence-electron chi connectivity index (χ2n) is 5.94. The first-order valence-electron chi connectivity index (χ1n) is 8.33. The maximum atomic E-state index is 12.8. The molecule has 0 bridgehead atoms. The van der Waals surface area contributed by atoms with Crippen LogP contribution in [0.25, 0.3) is 0 Å². The fourth-order valence-electron chi connectivity index (χ4n) is 2.96. The number of imidazole rings is 1. The van der Waals surface area contributed by atoms with Gasteiger partial charge in [0.1, 0.15) is 23.7 Å². The molecule has 7 heteroatoms. The molecule has 0 saturated carbocycles. The van der Waals surface area contributed by atoms with E-state index in [9.17, 15) is 9.59 Å². The fourth-order valence-corrected chi connectivity index (χ4v) is 2.96. The Hall–Kier alpha value is -1.86. The molecule has 138 valence electrons. The molecule has 1 aromatic carbocycles. The van der Waals surface area contributed by atoms with E-state index < -0.39 is 0 Å². The molecule has 0 atom stereocenters. The largest absolute Gasteiger partial charge is 1.00 e. The predicted molar refractivity (Wildman–Crippen MR) is 93.4 cm³/mol. The topological polar surface area (TPSA) is 75.0 Å². The first-order chi connectivity index (χ1) is 11.5. The average Bonchev–Trinajstić information content (AvgIpc) is 2.99. The maximum absolute atomic E-state index is 12.8. The average molecular weight is 412 g/mol. The summed E-state index contributed by atoms with van der Waals surface area (Å²) in [6, 6.07) is 6.89. The van der Waals surface area contributed by atoms with Gasteiger partial charge in [-0.25, -0.2) is 4.79 Å². The number of ketones is 1. The van der Waals surface area contributed by atoms with E-state index in [1.54, 1.807) is 31.4 Å². The third-order valence-electron chi connectivity index (χ3n) is 4.89. The monoisotopic (exact) mass is 411 g/mol. The molecule has 0 aliphatic carbocycles. The van der Waals surface area contributed by atoms with Gasteiger partial charge in [-0.3, -0.25) is 4.79 Å². The van der Waals surface area contributed by atoms with Crippen LogP contribution in [0.3, 0.4) is 0 Å². The number of nitrogens with one attached hydrogen (secondary N) is 2. The number of ether oxygens (including phenoxy) is 1. The van der Waals surface area contributed by atoms with Crippen LogP contribution >= 0.6 is 0 Å². The van der Waals surface area contributed by atoms with Gasteiger partial charge >= 0.3 is 5.69 Å². The molecule has 2 rings (SSSR count). The standard InChI is InChI=1S/C18H25N3O3.BrH/c1-5-21(6-2,7-3)12-15-16(20-18(23)19-15)17(22)13-8-10-14(24-4)11-9-13;/h8-11H,5-7,12H2,1-4H3,(H-,19,20,22,23);1H. The number of hydrogen-bond donors (Lipinski definition) is 2. The highest BCUT2D eigenvalue weighted by atomic mass is 79.9. The van der Waals surface area contributed by atoms with Crippen LogP contribution in [0.5, 0.6) is 5.75 Å². The van der Waals surface area contributed by atoms with Crippen LogP contribution < -0.4 is 27.4 Å². The third-order valence-corrected chi connectivity index (χ3v) is 4.89. The molecule has 1 heterocycles. The van der Waals surface area contributed by atoms with Gasteiger partial charge in [0.2, 0.25) is 5.78 Å². The number of quaternary nitrogens is 1. The van der Waals surface area contributed by atoms with Gasteiger partial charge in [0.15, 0.2) is 0 Å². The molecule has 2 aromatic rings. The fraction of sp³-hybridized carbons (Fsp3) is 0.444. The molecule has 1 aromatic heterocycles. The van der Waals surface area contributed by atoms with E-state index in [2.05, 4.69) is 30.7 Å². The highest BCUT2D eigenvalue weighted by Gasteiger charge is 2.27. The number of benzene rings is 1. The molecule has 6 nitrogen and oxygen atoms in total. The van der Waals surface area contributed by atoms with E-state index in [4.69, 9.17) is 4.74 Å². The first kappa shape index (κ1) is 21.2. The Kier molecular flexibility index (Phi) is 7.63. The lowest BCUT2D eigenvalue weighted by atomic mass is 10.1. The van der Waals surface area contributed by atoms with Gasteiger partial charge in [-0.15, -0.1) is 0 Å².